The molecule has 4 nitrogen and oxygen atoms in total. The smallest absolute Gasteiger partial charge is 0.312 e. The Labute approximate surface area is 147 Å². The van der Waals surface area contributed by atoms with Crippen LogP contribution in [0.4, 0.5) is 0 Å². The predicted octanol–water partition coefficient (Wildman–Crippen LogP) is 4.81. The number of allylic oxidation sites excluding steroid dienone is 2. The molecule has 2 saturated carbocycles. The van der Waals surface area contributed by atoms with Gasteiger partial charge in [-0.3, -0.25) is 4.99 Å². The summed E-state index contributed by atoms with van der Waals surface area (Å²) in [5.74, 6) is 3.30. The topological polar surface area (TPSA) is 58.6 Å². The van der Waals surface area contributed by atoms with Gasteiger partial charge in [0.25, 0.3) is 0 Å². The summed E-state index contributed by atoms with van der Waals surface area (Å²) in [5.41, 5.74) is 2.45. The average molecular weight is 334 g/mol. The molecule has 4 bridgehead atoms. The first kappa shape index (κ1) is 14.9. The van der Waals surface area contributed by atoms with Crippen molar-refractivity contribution in [3.05, 3.63) is 47.8 Å². The van der Waals surface area contributed by atoms with Gasteiger partial charge in [-0.2, -0.15) is 0 Å². The summed E-state index contributed by atoms with van der Waals surface area (Å²) in [4.78, 5) is 9.14. The van der Waals surface area contributed by atoms with Gasteiger partial charge in [0.2, 0.25) is 5.89 Å². The first-order valence-electron chi connectivity index (χ1n) is 9.25. The zero-order valence-corrected chi connectivity index (χ0v) is 14.1. The Kier molecular flexibility index (Phi) is 3.51. The van der Waals surface area contributed by atoms with E-state index in [1.165, 1.54) is 37.8 Å². The van der Waals surface area contributed by atoms with Crippen molar-refractivity contribution >= 4 is 6.21 Å². The summed E-state index contributed by atoms with van der Waals surface area (Å²) >= 11 is 0. The van der Waals surface area contributed by atoms with E-state index in [2.05, 4.69) is 11.1 Å². The van der Waals surface area contributed by atoms with Crippen molar-refractivity contribution in [1.82, 2.24) is 4.98 Å². The number of nitrogens with zero attached hydrogens (tertiary/aromatic N) is 2. The van der Waals surface area contributed by atoms with E-state index in [4.69, 9.17) is 9.41 Å². The standard InChI is InChI=1S/C21H22N2O2/c24-21-19(23-20(25-21)16-4-2-1-3-5-16)12-22-18-11-15-7-13-6-14(8-15)10-17(18)9-13/h1-5,11-15,17,24H,6-10H2. The molecule has 0 spiro atoms. The molecule has 128 valence electrons. The van der Waals surface area contributed by atoms with E-state index < -0.39 is 0 Å². The van der Waals surface area contributed by atoms with Crippen LogP contribution in [0.5, 0.6) is 5.95 Å². The Bertz CT molecular complexity index is 823. The minimum Gasteiger partial charge on any atom is -0.479 e. The second-order valence-electron chi connectivity index (χ2n) is 7.79. The van der Waals surface area contributed by atoms with E-state index in [0.29, 0.717) is 23.4 Å². The molecule has 1 heterocycles. The molecule has 1 aromatic carbocycles. The molecule has 0 aliphatic heterocycles. The van der Waals surface area contributed by atoms with Crippen molar-refractivity contribution in [3.63, 3.8) is 0 Å². The molecule has 1 N–H and O–H groups in total. The lowest BCUT2D eigenvalue weighted by Gasteiger charge is -2.38. The van der Waals surface area contributed by atoms with Crippen LogP contribution >= 0.6 is 0 Å². The summed E-state index contributed by atoms with van der Waals surface area (Å²) in [6.45, 7) is 0. The molecule has 0 amide bonds. The number of rotatable bonds is 3. The second kappa shape index (κ2) is 5.87. The normalized spacial score (nSPS) is 30.6. The van der Waals surface area contributed by atoms with E-state index >= 15 is 0 Å². The Morgan fingerprint density at radius 2 is 1.80 bits per heavy atom. The molecule has 1 aromatic heterocycles. The van der Waals surface area contributed by atoms with E-state index in [0.717, 1.165) is 17.4 Å². The summed E-state index contributed by atoms with van der Waals surface area (Å²) in [5, 5.41) is 10.1. The summed E-state index contributed by atoms with van der Waals surface area (Å²) < 4.78 is 5.41. The number of oxazole rings is 1. The van der Waals surface area contributed by atoms with Gasteiger partial charge in [0, 0.05) is 17.2 Å². The van der Waals surface area contributed by atoms with E-state index in [-0.39, 0.29) is 5.95 Å². The quantitative estimate of drug-likeness (QED) is 0.820. The molecule has 2 fully saturated rings. The second-order valence-corrected chi connectivity index (χ2v) is 7.79. The van der Waals surface area contributed by atoms with Crippen molar-refractivity contribution in [2.75, 3.05) is 0 Å². The predicted molar refractivity (Wildman–Crippen MR) is 96.3 cm³/mol. The minimum absolute atomic E-state index is 0.164. The zero-order valence-electron chi connectivity index (χ0n) is 14.1. The first-order valence-corrected chi connectivity index (χ1v) is 9.25. The summed E-state index contributed by atoms with van der Waals surface area (Å²) in [7, 11) is 0. The van der Waals surface area contributed by atoms with E-state index in [1.54, 1.807) is 6.21 Å². The van der Waals surface area contributed by atoms with Crippen LogP contribution in [0.25, 0.3) is 11.5 Å². The monoisotopic (exact) mass is 334 g/mol. The fourth-order valence-corrected chi connectivity index (χ4v) is 5.05. The summed E-state index contributed by atoms with van der Waals surface area (Å²) in [6.07, 6.45) is 10.7. The number of hydrogen-bond donors (Lipinski definition) is 1. The third-order valence-corrected chi connectivity index (χ3v) is 5.99. The Balaban J connectivity index is 1.41. The highest BCUT2D eigenvalue weighted by atomic mass is 16.5. The highest BCUT2D eigenvalue weighted by Crippen LogP contribution is 2.50. The number of benzene rings is 1. The third-order valence-electron chi connectivity index (χ3n) is 5.99. The molecule has 4 aliphatic rings. The zero-order chi connectivity index (χ0) is 16.8. The molecule has 4 heteroatoms. The SMILES string of the molecule is Oc1oc(-c2ccccc2)nc1C=NC1=CC2CC3CC(C2)CC1C3. The lowest BCUT2D eigenvalue weighted by atomic mass is 9.67. The molecule has 4 aliphatic carbocycles. The van der Waals surface area contributed by atoms with E-state index in [9.17, 15) is 5.11 Å². The molecular formula is C21H22N2O2. The van der Waals surface area contributed by atoms with Gasteiger partial charge in [-0.25, -0.2) is 4.98 Å². The van der Waals surface area contributed by atoms with Crippen LogP contribution in [0, 0.1) is 23.7 Å². The minimum atomic E-state index is -0.164. The molecular weight excluding hydrogens is 312 g/mol. The molecule has 2 aromatic rings. The van der Waals surface area contributed by atoms with Crippen LogP contribution in [-0.2, 0) is 0 Å². The van der Waals surface area contributed by atoms with E-state index in [1.807, 2.05) is 30.3 Å². The molecule has 2 atom stereocenters. The van der Waals surface area contributed by atoms with Gasteiger partial charge in [-0.05, 0) is 62.0 Å². The van der Waals surface area contributed by atoms with Gasteiger partial charge in [-0.1, -0.05) is 24.3 Å². The van der Waals surface area contributed by atoms with Crippen molar-refractivity contribution in [2.24, 2.45) is 28.7 Å². The molecule has 2 unspecified atom stereocenters. The van der Waals surface area contributed by atoms with Crippen molar-refractivity contribution in [3.8, 4) is 17.4 Å². The van der Waals surface area contributed by atoms with Crippen LogP contribution in [0.15, 0.2) is 51.5 Å². The van der Waals surface area contributed by atoms with Gasteiger partial charge >= 0.3 is 5.95 Å². The van der Waals surface area contributed by atoms with Gasteiger partial charge in [0.15, 0.2) is 5.69 Å². The lowest BCUT2D eigenvalue weighted by molar-refractivity contribution is 0.140. The number of aromatic hydroxyl groups is 1. The van der Waals surface area contributed by atoms with Crippen LogP contribution in [0.1, 0.15) is 37.8 Å². The molecule has 0 radical (unpaired) electrons. The van der Waals surface area contributed by atoms with Gasteiger partial charge in [0.1, 0.15) is 0 Å². The van der Waals surface area contributed by atoms with Crippen LogP contribution in [0.3, 0.4) is 0 Å². The van der Waals surface area contributed by atoms with Crippen LogP contribution in [-0.4, -0.2) is 16.3 Å². The Morgan fingerprint density at radius 1 is 1.04 bits per heavy atom. The summed E-state index contributed by atoms with van der Waals surface area (Å²) in [6, 6.07) is 9.61. The fourth-order valence-electron chi connectivity index (χ4n) is 5.05. The first-order chi connectivity index (χ1) is 12.2. The molecule has 6 rings (SSSR count). The Morgan fingerprint density at radius 3 is 2.56 bits per heavy atom. The number of aromatic nitrogens is 1. The average Bonchev–Trinajstić information content (AvgIpc) is 2.88. The molecule has 0 saturated heterocycles. The van der Waals surface area contributed by atoms with Crippen molar-refractivity contribution < 1.29 is 9.52 Å². The fraction of sp³-hybridized carbons (Fsp3) is 0.429. The highest BCUT2D eigenvalue weighted by molar-refractivity contribution is 5.81. The lowest BCUT2D eigenvalue weighted by Crippen LogP contribution is -2.27. The van der Waals surface area contributed by atoms with Crippen molar-refractivity contribution in [1.29, 1.82) is 0 Å². The maximum absolute atomic E-state index is 10.1. The van der Waals surface area contributed by atoms with Crippen LogP contribution in [0.2, 0.25) is 0 Å². The van der Waals surface area contributed by atoms with Gasteiger partial charge in [-0.15, -0.1) is 0 Å². The Hall–Kier alpha value is -2.36. The highest BCUT2D eigenvalue weighted by Gasteiger charge is 2.39. The number of aliphatic imine (C=N–C) groups is 1. The number of hydrogen-bond acceptors (Lipinski definition) is 4. The van der Waals surface area contributed by atoms with Crippen molar-refractivity contribution in [2.45, 2.75) is 32.1 Å². The van der Waals surface area contributed by atoms with Gasteiger partial charge in [0.05, 0.1) is 6.21 Å². The largest absolute Gasteiger partial charge is 0.479 e. The van der Waals surface area contributed by atoms with Crippen LogP contribution < -0.4 is 0 Å². The van der Waals surface area contributed by atoms with Gasteiger partial charge < -0.3 is 9.52 Å². The maximum Gasteiger partial charge on any atom is 0.312 e. The molecule has 25 heavy (non-hydrogen) atoms. The third kappa shape index (κ3) is 2.80. The maximum atomic E-state index is 10.1.